The van der Waals surface area contributed by atoms with E-state index >= 15 is 0 Å². The Morgan fingerprint density at radius 3 is 2.38 bits per heavy atom. The van der Waals surface area contributed by atoms with Crippen LogP contribution < -0.4 is 0 Å². The lowest BCUT2D eigenvalue weighted by molar-refractivity contribution is 0.601. The van der Waals surface area contributed by atoms with Crippen LogP contribution in [0.25, 0.3) is 0 Å². The lowest BCUT2D eigenvalue weighted by Crippen LogP contribution is -2.00. The van der Waals surface area contributed by atoms with Crippen LogP contribution in [0.5, 0.6) is 0 Å². The van der Waals surface area contributed by atoms with E-state index in [-0.39, 0.29) is 5.75 Å². The van der Waals surface area contributed by atoms with E-state index in [0.29, 0.717) is 0 Å². The average molecular weight is 198 g/mol. The molecule has 0 radical (unpaired) electrons. The van der Waals surface area contributed by atoms with Crippen molar-refractivity contribution in [1.29, 1.82) is 0 Å². The van der Waals surface area contributed by atoms with Gasteiger partial charge in [-0.25, -0.2) is 8.42 Å². The monoisotopic (exact) mass is 198 g/mol. The first kappa shape index (κ1) is 10.3. The fourth-order valence-corrected chi connectivity index (χ4v) is 2.03. The van der Waals surface area contributed by atoms with Crippen molar-refractivity contribution in [3.8, 4) is 0 Å². The summed E-state index contributed by atoms with van der Waals surface area (Å²) in [6.45, 7) is 2.06. The highest BCUT2D eigenvalue weighted by molar-refractivity contribution is 7.89. The van der Waals surface area contributed by atoms with Crippen LogP contribution in [-0.2, 0) is 22.0 Å². The van der Waals surface area contributed by atoms with Crippen LogP contribution in [0, 0.1) is 0 Å². The zero-order chi connectivity index (χ0) is 9.90. The molecule has 0 heterocycles. The molecule has 0 bridgehead atoms. The van der Waals surface area contributed by atoms with Crippen molar-refractivity contribution in [2.45, 2.75) is 19.1 Å². The van der Waals surface area contributed by atoms with Crippen molar-refractivity contribution in [1.82, 2.24) is 0 Å². The lowest BCUT2D eigenvalue weighted by atomic mass is 10.1. The summed E-state index contributed by atoms with van der Waals surface area (Å²) in [6, 6.07) is 7.70. The van der Waals surface area contributed by atoms with Crippen LogP contribution in [0.1, 0.15) is 18.1 Å². The summed E-state index contributed by atoms with van der Waals surface area (Å²) in [6.07, 6.45) is 2.20. The van der Waals surface area contributed by atoms with Crippen LogP contribution >= 0.6 is 0 Å². The van der Waals surface area contributed by atoms with E-state index in [2.05, 4.69) is 6.92 Å². The first-order chi connectivity index (χ1) is 6.01. The number of hydrogen-bond acceptors (Lipinski definition) is 2. The van der Waals surface area contributed by atoms with Crippen molar-refractivity contribution >= 4 is 9.84 Å². The second kappa shape index (κ2) is 3.92. The molecule has 1 aromatic carbocycles. The summed E-state index contributed by atoms with van der Waals surface area (Å²) >= 11 is 0. The third kappa shape index (κ3) is 3.59. The Labute approximate surface area is 79.5 Å². The lowest BCUT2D eigenvalue weighted by Gasteiger charge is -2.01. The molecule has 0 aromatic heterocycles. The summed E-state index contributed by atoms with van der Waals surface area (Å²) < 4.78 is 22.0. The summed E-state index contributed by atoms with van der Waals surface area (Å²) in [5.41, 5.74) is 2.06. The maximum absolute atomic E-state index is 11.0. The van der Waals surface area contributed by atoms with Crippen LogP contribution in [0.4, 0.5) is 0 Å². The first-order valence-electron chi connectivity index (χ1n) is 4.27. The molecule has 3 heteroatoms. The fourth-order valence-electron chi connectivity index (χ4n) is 1.24. The highest BCUT2D eigenvalue weighted by Gasteiger charge is 2.03. The molecule has 0 amide bonds. The maximum atomic E-state index is 11.0. The van der Waals surface area contributed by atoms with Gasteiger partial charge in [0.25, 0.3) is 0 Å². The highest BCUT2D eigenvalue weighted by Crippen LogP contribution is 2.08. The standard InChI is InChI=1S/C10H14O2S/c1-3-9-5-4-6-10(7-9)8-13(2,11)12/h4-7H,3,8H2,1-2H3. The van der Waals surface area contributed by atoms with E-state index in [9.17, 15) is 8.42 Å². The molecule has 0 spiro atoms. The van der Waals surface area contributed by atoms with Gasteiger partial charge in [-0.2, -0.15) is 0 Å². The third-order valence-electron chi connectivity index (χ3n) is 1.83. The van der Waals surface area contributed by atoms with Gasteiger partial charge in [0, 0.05) is 6.26 Å². The molecule has 1 rings (SSSR count). The van der Waals surface area contributed by atoms with Gasteiger partial charge in [0.1, 0.15) is 0 Å². The van der Waals surface area contributed by atoms with Gasteiger partial charge in [-0.15, -0.1) is 0 Å². The third-order valence-corrected chi connectivity index (χ3v) is 2.69. The molecule has 0 unspecified atom stereocenters. The maximum Gasteiger partial charge on any atom is 0.151 e. The highest BCUT2D eigenvalue weighted by atomic mass is 32.2. The van der Waals surface area contributed by atoms with Gasteiger partial charge in [0.15, 0.2) is 9.84 Å². The predicted molar refractivity (Wildman–Crippen MR) is 54.4 cm³/mol. The molecule has 0 aliphatic heterocycles. The fraction of sp³-hybridized carbons (Fsp3) is 0.400. The zero-order valence-electron chi connectivity index (χ0n) is 7.95. The summed E-state index contributed by atoms with van der Waals surface area (Å²) in [7, 11) is -2.90. The molecule has 0 fully saturated rings. The van der Waals surface area contributed by atoms with E-state index in [1.54, 1.807) is 0 Å². The Morgan fingerprint density at radius 2 is 1.85 bits per heavy atom. The smallest absolute Gasteiger partial charge is 0.151 e. The molecule has 0 atom stereocenters. The molecule has 2 nitrogen and oxygen atoms in total. The SMILES string of the molecule is CCc1cccc(CS(C)(=O)=O)c1. The number of hydrogen-bond donors (Lipinski definition) is 0. The molecular formula is C10H14O2S. The van der Waals surface area contributed by atoms with E-state index in [1.165, 1.54) is 11.8 Å². The van der Waals surface area contributed by atoms with Gasteiger partial charge in [0.2, 0.25) is 0 Å². The second-order valence-corrected chi connectivity index (χ2v) is 5.38. The molecule has 0 saturated carbocycles. The number of aryl methyl sites for hydroxylation is 1. The molecule has 72 valence electrons. The van der Waals surface area contributed by atoms with E-state index < -0.39 is 9.84 Å². The van der Waals surface area contributed by atoms with Crippen LogP contribution in [0.15, 0.2) is 24.3 Å². The summed E-state index contributed by atoms with van der Waals surface area (Å²) in [5.74, 6) is 0.140. The van der Waals surface area contributed by atoms with Gasteiger partial charge < -0.3 is 0 Å². The molecule has 13 heavy (non-hydrogen) atoms. The Morgan fingerprint density at radius 1 is 1.23 bits per heavy atom. The van der Waals surface area contributed by atoms with Gasteiger partial charge in [-0.1, -0.05) is 31.2 Å². The van der Waals surface area contributed by atoms with E-state index in [4.69, 9.17) is 0 Å². The molecule has 0 aliphatic rings. The Kier molecular flexibility index (Phi) is 3.09. The quantitative estimate of drug-likeness (QED) is 0.742. The van der Waals surface area contributed by atoms with Crippen LogP contribution in [0.2, 0.25) is 0 Å². The van der Waals surface area contributed by atoms with Gasteiger partial charge >= 0.3 is 0 Å². The van der Waals surface area contributed by atoms with E-state index in [0.717, 1.165) is 12.0 Å². The Bertz CT molecular complexity index is 380. The molecule has 0 N–H and O–H groups in total. The molecule has 0 aliphatic carbocycles. The molecular weight excluding hydrogens is 184 g/mol. The minimum absolute atomic E-state index is 0.140. The zero-order valence-corrected chi connectivity index (χ0v) is 8.76. The average Bonchev–Trinajstić information content (AvgIpc) is 2.01. The molecule has 0 saturated heterocycles. The first-order valence-corrected chi connectivity index (χ1v) is 6.33. The minimum atomic E-state index is -2.90. The van der Waals surface area contributed by atoms with Crippen molar-refractivity contribution in [3.05, 3.63) is 35.4 Å². The van der Waals surface area contributed by atoms with Crippen LogP contribution in [-0.4, -0.2) is 14.7 Å². The largest absolute Gasteiger partial charge is 0.229 e. The van der Waals surface area contributed by atoms with Gasteiger partial charge in [0.05, 0.1) is 5.75 Å². The number of rotatable bonds is 3. The minimum Gasteiger partial charge on any atom is -0.229 e. The normalized spacial score (nSPS) is 11.5. The van der Waals surface area contributed by atoms with E-state index in [1.807, 2.05) is 24.3 Å². The summed E-state index contributed by atoms with van der Waals surface area (Å²) in [5, 5.41) is 0. The van der Waals surface area contributed by atoms with Crippen molar-refractivity contribution < 1.29 is 8.42 Å². The predicted octanol–water partition coefficient (Wildman–Crippen LogP) is 1.79. The van der Waals surface area contributed by atoms with Crippen LogP contribution in [0.3, 0.4) is 0 Å². The van der Waals surface area contributed by atoms with Crippen molar-refractivity contribution in [2.75, 3.05) is 6.26 Å². The number of sulfone groups is 1. The topological polar surface area (TPSA) is 34.1 Å². The van der Waals surface area contributed by atoms with Crippen molar-refractivity contribution in [3.63, 3.8) is 0 Å². The van der Waals surface area contributed by atoms with Gasteiger partial charge in [-0.05, 0) is 17.5 Å². The Balaban J connectivity index is 2.90. The van der Waals surface area contributed by atoms with Gasteiger partial charge in [-0.3, -0.25) is 0 Å². The second-order valence-electron chi connectivity index (χ2n) is 3.24. The van der Waals surface area contributed by atoms with Crippen molar-refractivity contribution in [2.24, 2.45) is 0 Å². The number of benzene rings is 1. The Hall–Kier alpha value is -0.830. The molecule has 1 aromatic rings. The summed E-state index contributed by atoms with van der Waals surface area (Å²) in [4.78, 5) is 0.